The van der Waals surface area contributed by atoms with E-state index in [9.17, 15) is 9.90 Å². The number of anilines is 1. The van der Waals surface area contributed by atoms with Gasteiger partial charge in [0.1, 0.15) is 11.4 Å². The van der Waals surface area contributed by atoms with Crippen LogP contribution in [0.1, 0.15) is 27.3 Å². The zero-order chi connectivity index (χ0) is 14.7. The summed E-state index contributed by atoms with van der Waals surface area (Å²) in [6.07, 6.45) is 0. The van der Waals surface area contributed by atoms with Crippen LogP contribution in [0.2, 0.25) is 0 Å². The molecule has 0 aliphatic rings. The average molecular weight is 271 g/mol. The molecule has 5 heteroatoms. The van der Waals surface area contributed by atoms with E-state index >= 15 is 0 Å². The van der Waals surface area contributed by atoms with E-state index in [2.05, 4.69) is 10.3 Å². The van der Waals surface area contributed by atoms with Crippen molar-refractivity contribution in [3.8, 4) is 5.75 Å². The maximum Gasteiger partial charge on any atom is 0.248 e. The minimum atomic E-state index is -0.447. The number of aromatic nitrogens is 1. The molecule has 1 amide bonds. The molecule has 104 valence electrons. The van der Waals surface area contributed by atoms with Crippen molar-refractivity contribution in [2.75, 3.05) is 5.32 Å². The number of primary amides is 1. The van der Waals surface area contributed by atoms with Crippen LogP contribution in [-0.2, 0) is 6.54 Å². The highest BCUT2D eigenvalue weighted by Crippen LogP contribution is 2.20. The summed E-state index contributed by atoms with van der Waals surface area (Å²) in [7, 11) is 0. The lowest BCUT2D eigenvalue weighted by atomic mass is 10.1. The van der Waals surface area contributed by atoms with Gasteiger partial charge in [0.05, 0.1) is 6.54 Å². The van der Waals surface area contributed by atoms with E-state index in [0.717, 1.165) is 16.9 Å². The normalized spacial score (nSPS) is 10.3. The van der Waals surface area contributed by atoms with E-state index < -0.39 is 5.91 Å². The molecule has 0 spiro atoms. The largest absolute Gasteiger partial charge is 0.506 e. The van der Waals surface area contributed by atoms with Gasteiger partial charge < -0.3 is 16.2 Å². The van der Waals surface area contributed by atoms with Gasteiger partial charge in [-0.3, -0.25) is 9.78 Å². The molecular formula is C15H17N3O2. The smallest absolute Gasteiger partial charge is 0.248 e. The Hall–Kier alpha value is -2.56. The second-order valence-electron chi connectivity index (χ2n) is 4.67. The van der Waals surface area contributed by atoms with E-state index in [0.29, 0.717) is 17.8 Å². The molecule has 2 aromatic rings. The predicted octanol–water partition coefficient (Wildman–Crippen LogP) is 2.12. The van der Waals surface area contributed by atoms with Crippen molar-refractivity contribution >= 4 is 11.6 Å². The fourth-order valence-electron chi connectivity index (χ4n) is 1.93. The van der Waals surface area contributed by atoms with E-state index in [4.69, 9.17) is 5.73 Å². The quantitative estimate of drug-likeness (QED) is 0.794. The minimum Gasteiger partial charge on any atom is -0.506 e. The molecule has 0 radical (unpaired) electrons. The van der Waals surface area contributed by atoms with Crippen molar-refractivity contribution in [3.63, 3.8) is 0 Å². The van der Waals surface area contributed by atoms with Gasteiger partial charge >= 0.3 is 0 Å². The molecule has 0 atom stereocenters. The molecule has 1 heterocycles. The van der Waals surface area contributed by atoms with E-state index in [-0.39, 0.29) is 5.75 Å². The van der Waals surface area contributed by atoms with Crippen LogP contribution in [0.25, 0.3) is 0 Å². The van der Waals surface area contributed by atoms with Crippen molar-refractivity contribution in [1.29, 1.82) is 0 Å². The van der Waals surface area contributed by atoms with E-state index in [1.54, 1.807) is 30.3 Å². The number of nitrogens with one attached hydrogen (secondary N) is 1. The number of amides is 1. The summed E-state index contributed by atoms with van der Waals surface area (Å²) in [5, 5.41) is 12.9. The summed E-state index contributed by atoms with van der Waals surface area (Å²) in [5.74, 6) is -0.285. The Morgan fingerprint density at radius 2 is 2.05 bits per heavy atom. The number of pyridine rings is 1. The molecule has 0 bridgehead atoms. The van der Waals surface area contributed by atoms with Gasteiger partial charge in [0.2, 0.25) is 5.91 Å². The Bertz CT molecular complexity index is 654. The number of carbonyl (C=O) groups excluding carboxylic acids is 1. The molecule has 4 N–H and O–H groups in total. The molecule has 0 aliphatic carbocycles. The molecule has 2 rings (SSSR count). The Labute approximate surface area is 117 Å². The minimum absolute atomic E-state index is 0.162. The Kier molecular flexibility index (Phi) is 3.89. The number of aromatic hydroxyl groups is 1. The number of rotatable bonds is 4. The summed E-state index contributed by atoms with van der Waals surface area (Å²) in [4.78, 5) is 15.4. The van der Waals surface area contributed by atoms with Crippen LogP contribution in [0.4, 0.5) is 5.69 Å². The van der Waals surface area contributed by atoms with Crippen LogP contribution in [0, 0.1) is 13.8 Å². The van der Waals surface area contributed by atoms with Crippen molar-refractivity contribution in [3.05, 3.63) is 52.8 Å². The fraction of sp³-hybridized carbons (Fsp3) is 0.200. The number of carbonyl (C=O) groups is 1. The number of hydrogen-bond donors (Lipinski definition) is 3. The van der Waals surface area contributed by atoms with Crippen molar-refractivity contribution in [2.24, 2.45) is 5.73 Å². The first-order valence-corrected chi connectivity index (χ1v) is 6.27. The standard InChI is InChI=1S/C15H17N3O2/c1-9-7-11(15(16)20)4-5-12(9)17-8-13-14(19)6-3-10(2)18-13/h3-7,17,19H,8H2,1-2H3,(H2,16,20). The molecule has 20 heavy (non-hydrogen) atoms. The number of aryl methyl sites for hydroxylation is 2. The van der Waals surface area contributed by atoms with Crippen LogP contribution in [0.5, 0.6) is 5.75 Å². The van der Waals surface area contributed by atoms with Gasteiger partial charge in [0, 0.05) is 16.9 Å². The first kappa shape index (κ1) is 13.9. The average Bonchev–Trinajstić information content (AvgIpc) is 2.40. The van der Waals surface area contributed by atoms with E-state index in [1.165, 1.54) is 0 Å². The summed E-state index contributed by atoms with van der Waals surface area (Å²) in [6, 6.07) is 8.58. The van der Waals surface area contributed by atoms with Gasteiger partial charge in [-0.15, -0.1) is 0 Å². The van der Waals surface area contributed by atoms with Crippen LogP contribution >= 0.6 is 0 Å². The maximum absolute atomic E-state index is 11.1. The van der Waals surface area contributed by atoms with Crippen molar-refractivity contribution in [1.82, 2.24) is 4.98 Å². The third-order valence-electron chi connectivity index (χ3n) is 3.05. The number of hydrogen-bond acceptors (Lipinski definition) is 4. The lowest BCUT2D eigenvalue weighted by Gasteiger charge is -2.11. The summed E-state index contributed by atoms with van der Waals surface area (Å²) in [5.41, 5.74) is 8.93. The molecule has 0 saturated heterocycles. The van der Waals surface area contributed by atoms with Crippen LogP contribution < -0.4 is 11.1 Å². The van der Waals surface area contributed by atoms with Crippen LogP contribution in [-0.4, -0.2) is 16.0 Å². The van der Waals surface area contributed by atoms with Crippen LogP contribution in [0.15, 0.2) is 30.3 Å². The van der Waals surface area contributed by atoms with E-state index in [1.807, 2.05) is 13.8 Å². The maximum atomic E-state index is 11.1. The zero-order valence-electron chi connectivity index (χ0n) is 11.5. The van der Waals surface area contributed by atoms with Crippen molar-refractivity contribution in [2.45, 2.75) is 20.4 Å². The van der Waals surface area contributed by atoms with Gasteiger partial charge in [0.15, 0.2) is 0 Å². The van der Waals surface area contributed by atoms with Gasteiger partial charge in [-0.1, -0.05) is 0 Å². The second kappa shape index (κ2) is 5.61. The van der Waals surface area contributed by atoms with Crippen molar-refractivity contribution < 1.29 is 9.90 Å². The van der Waals surface area contributed by atoms with Gasteiger partial charge in [0.25, 0.3) is 0 Å². The number of benzene rings is 1. The number of nitrogens with two attached hydrogens (primary N) is 1. The third-order valence-corrected chi connectivity index (χ3v) is 3.05. The van der Waals surface area contributed by atoms with Gasteiger partial charge in [-0.05, 0) is 49.7 Å². The lowest BCUT2D eigenvalue weighted by molar-refractivity contribution is 0.1000. The highest BCUT2D eigenvalue weighted by Gasteiger charge is 2.06. The topological polar surface area (TPSA) is 88.2 Å². The molecule has 0 saturated carbocycles. The summed E-state index contributed by atoms with van der Waals surface area (Å²) in [6.45, 7) is 4.17. The Morgan fingerprint density at radius 3 is 2.70 bits per heavy atom. The fourth-order valence-corrected chi connectivity index (χ4v) is 1.93. The predicted molar refractivity (Wildman–Crippen MR) is 77.7 cm³/mol. The molecule has 0 fully saturated rings. The molecule has 0 unspecified atom stereocenters. The Balaban J connectivity index is 2.15. The summed E-state index contributed by atoms with van der Waals surface area (Å²) >= 11 is 0. The molecule has 5 nitrogen and oxygen atoms in total. The third kappa shape index (κ3) is 3.06. The molecular weight excluding hydrogens is 254 g/mol. The molecule has 0 aliphatic heterocycles. The SMILES string of the molecule is Cc1ccc(O)c(CNc2ccc(C(N)=O)cc2C)n1. The first-order chi connectivity index (χ1) is 9.47. The first-order valence-electron chi connectivity index (χ1n) is 6.27. The second-order valence-corrected chi connectivity index (χ2v) is 4.67. The lowest BCUT2D eigenvalue weighted by Crippen LogP contribution is -2.11. The monoisotopic (exact) mass is 271 g/mol. The number of nitrogens with zero attached hydrogens (tertiary/aromatic N) is 1. The Morgan fingerprint density at radius 1 is 1.30 bits per heavy atom. The highest BCUT2D eigenvalue weighted by atomic mass is 16.3. The summed E-state index contributed by atoms with van der Waals surface area (Å²) < 4.78 is 0. The van der Waals surface area contributed by atoms with Gasteiger partial charge in [-0.2, -0.15) is 0 Å². The van der Waals surface area contributed by atoms with Crippen LogP contribution in [0.3, 0.4) is 0 Å². The molecule has 1 aromatic carbocycles. The zero-order valence-corrected chi connectivity index (χ0v) is 11.5. The molecule has 1 aromatic heterocycles. The highest BCUT2D eigenvalue weighted by molar-refractivity contribution is 5.93. The van der Waals surface area contributed by atoms with Gasteiger partial charge in [-0.25, -0.2) is 0 Å².